The van der Waals surface area contributed by atoms with Crippen molar-refractivity contribution in [3.63, 3.8) is 0 Å². The molecule has 0 aliphatic rings. The van der Waals surface area contributed by atoms with Crippen molar-refractivity contribution in [1.29, 1.82) is 5.26 Å². The van der Waals surface area contributed by atoms with E-state index < -0.39 is 0 Å². The van der Waals surface area contributed by atoms with Gasteiger partial charge in [0.1, 0.15) is 5.75 Å². The summed E-state index contributed by atoms with van der Waals surface area (Å²) in [4.78, 5) is 0. The van der Waals surface area contributed by atoms with Crippen molar-refractivity contribution < 1.29 is 4.74 Å². The van der Waals surface area contributed by atoms with E-state index in [2.05, 4.69) is 35.8 Å². The van der Waals surface area contributed by atoms with Crippen molar-refractivity contribution in [1.82, 2.24) is 0 Å². The molecule has 3 heteroatoms. The lowest BCUT2D eigenvalue weighted by molar-refractivity contribution is 0.232. The maximum absolute atomic E-state index is 8.79. The second kappa shape index (κ2) is 8.16. The zero-order valence-corrected chi connectivity index (χ0v) is 12.7. The van der Waals surface area contributed by atoms with Crippen LogP contribution in [0, 0.1) is 17.2 Å². The number of hydrogen-bond acceptors (Lipinski definition) is 2. The molecule has 0 fully saturated rings. The molecule has 2 nitrogen and oxygen atoms in total. The van der Waals surface area contributed by atoms with E-state index in [-0.39, 0.29) is 0 Å². The number of unbranched alkanes of at least 4 members (excludes halogenated alkanes) is 1. The average Bonchev–Trinajstić information content (AvgIpc) is 2.40. The molecule has 1 atom stereocenters. The highest BCUT2D eigenvalue weighted by Crippen LogP contribution is 2.27. The minimum Gasteiger partial charge on any atom is -0.492 e. The van der Waals surface area contributed by atoms with Crippen LogP contribution in [-0.4, -0.2) is 6.61 Å². The molecular formula is C15H20BrNO. The van der Waals surface area contributed by atoms with Crippen molar-refractivity contribution >= 4 is 15.9 Å². The van der Waals surface area contributed by atoms with Gasteiger partial charge in [-0.05, 0) is 46.5 Å². The molecule has 0 aliphatic heterocycles. The SMILES string of the molecule is CCCCC(CC)COc1ccc(C#N)cc1Br. The predicted octanol–water partition coefficient (Wildman–Crippen LogP) is 4.92. The van der Waals surface area contributed by atoms with E-state index >= 15 is 0 Å². The molecule has 0 heterocycles. The smallest absolute Gasteiger partial charge is 0.133 e. The Hall–Kier alpha value is -1.01. The first-order valence-electron chi connectivity index (χ1n) is 6.53. The van der Waals surface area contributed by atoms with Gasteiger partial charge in [0.25, 0.3) is 0 Å². The van der Waals surface area contributed by atoms with Gasteiger partial charge in [0, 0.05) is 0 Å². The largest absolute Gasteiger partial charge is 0.492 e. The number of hydrogen-bond donors (Lipinski definition) is 0. The van der Waals surface area contributed by atoms with E-state index in [0.717, 1.165) is 23.2 Å². The molecule has 98 valence electrons. The van der Waals surface area contributed by atoms with Gasteiger partial charge in [-0.1, -0.05) is 33.1 Å². The molecule has 1 aromatic carbocycles. The summed E-state index contributed by atoms with van der Waals surface area (Å²) in [6, 6.07) is 7.55. The number of rotatable bonds is 7. The zero-order valence-electron chi connectivity index (χ0n) is 11.1. The molecule has 0 spiro atoms. The van der Waals surface area contributed by atoms with Crippen molar-refractivity contribution in [2.45, 2.75) is 39.5 Å². The summed E-state index contributed by atoms with van der Waals surface area (Å²) in [5.41, 5.74) is 0.646. The quantitative estimate of drug-likeness (QED) is 0.716. The highest BCUT2D eigenvalue weighted by Gasteiger charge is 2.08. The highest BCUT2D eigenvalue weighted by atomic mass is 79.9. The fraction of sp³-hybridized carbons (Fsp3) is 0.533. The van der Waals surface area contributed by atoms with Gasteiger partial charge in [0.15, 0.2) is 0 Å². The number of nitriles is 1. The molecule has 0 aromatic heterocycles. The number of halogens is 1. The molecule has 1 aromatic rings. The van der Waals surface area contributed by atoms with Gasteiger partial charge in [-0.15, -0.1) is 0 Å². The third-order valence-corrected chi connectivity index (χ3v) is 3.70. The second-order valence-electron chi connectivity index (χ2n) is 4.48. The summed E-state index contributed by atoms with van der Waals surface area (Å²) in [5.74, 6) is 1.44. The molecule has 1 rings (SSSR count). The average molecular weight is 310 g/mol. The number of benzene rings is 1. The Kier molecular flexibility index (Phi) is 6.82. The molecule has 0 amide bonds. The first-order valence-corrected chi connectivity index (χ1v) is 7.33. The molecule has 0 saturated carbocycles. The summed E-state index contributed by atoms with van der Waals surface area (Å²) in [5, 5.41) is 8.79. The van der Waals surface area contributed by atoms with Gasteiger partial charge in [-0.3, -0.25) is 0 Å². The Morgan fingerprint density at radius 3 is 2.72 bits per heavy atom. The summed E-state index contributed by atoms with van der Waals surface area (Å²) in [6.07, 6.45) is 4.86. The van der Waals surface area contributed by atoms with Crippen LogP contribution in [0.5, 0.6) is 5.75 Å². The van der Waals surface area contributed by atoms with Crippen LogP contribution in [0.25, 0.3) is 0 Å². The lowest BCUT2D eigenvalue weighted by Crippen LogP contribution is -2.11. The number of ether oxygens (including phenoxy) is 1. The third-order valence-electron chi connectivity index (χ3n) is 3.08. The molecule has 0 radical (unpaired) electrons. The van der Waals surface area contributed by atoms with Crippen LogP contribution in [0.1, 0.15) is 45.1 Å². The molecule has 0 saturated heterocycles. The first kappa shape index (κ1) is 15.0. The van der Waals surface area contributed by atoms with E-state index in [0.29, 0.717) is 11.5 Å². The Balaban J connectivity index is 2.54. The summed E-state index contributed by atoms with van der Waals surface area (Å²) in [7, 11) is 0. The lowest BCUT2D eigenvalue weighted by Gasteiger charge is -2.16. The number of nitrogens with zero attached hydrogens (tertiary/aromatic N) is 1. The summed E-state index contributed by atoms with van der Waals surface area (Å²) in [6.45, 7) is 5.17. The van der Waals surface area contributed by atoms with Crippen molar-refractivity contribution in [3.8, 4) is 11.8 Å². The van der Waals surface area contributed by atoms with Crippen LogP contribution in [-0.2, 0) is 0 Å². The minimum absolute atomic E-state index is 0.618. The maximum atomic E-state index is 8.79. The van der Waals surface area contributed by atoms with E-state index in [1.165, 1.54) is 19.3 Å². The fourth-order valence-corrected chi connectivity index (χ4v) is 2.29. The van der Waals surface area contributed by atoms with Gasteiger partial charge in [-0.2, -0.15) is 5.26 Å². The minimum atomic E-state index is 0.618. The van der Waals surface area contributed by atoms with Gasteiger partial charge in [0.05, 0.1) is 22.7 Å². The molecule has 1 unspecified atom stereocenters. The second-order valence-corrected chi connectivity index (χ2v) is 5.34. The summed E-state index contributed by atoms with van der Waals surface area (Å²) < 4.78 is 6.68. The van der Waals surface area contributed by atoms with Crippen LogP contribution in [0.2, 0.25) is 0 Å². The molecule has 0 N–H and O–H groups in total. The Labute approximate surface area is 118 Å². The van der Waals surface area contributed by atoms with E-state index in [9.17, 15) is 0 Å². The van der Waals surface area contributed by atoms with Crippen molar-refractivity contribution in [2.24, 2.45) is 5.92 Å². The third kappa shape index (κ3) is 4.70. The first-order chi connectivity index (χ1) is 8.71. The maximum Gasteiger partial charge on any atom is 0.133 e. The fourth-order valence-electron chi connectivity index (χ4n) is 1.79. The van der Waals surface area contributed by atoms with Crippen LogP contribution in [0.3, 0.4) is 0 Å². The van der Waals surface area contributed by atoms with E-state index in [4.69, 9.17) is 10.00 Å². The molecular weight excluding hydrogens is 290 g/mol. The summed E-state index contributed by atoms with van der Waals surface area (Å²) >= 11 is 3.44. The van der Waals surface area contributed by atoms with Crippen molar-refractivity contribution in [3.05, 3.63) is 28.2 Å². The highest BCUT2D eigenvalue weighted by molar-refractivity contribution is 9.10. The Bertz CT molecular complexity index is 411. The molecule has 0 aliphatic carbocycles. The standard InChI is InChI=1S/C15H20BrNO/c1-3-5-6-12(4-2)11-18-15-8-7-13(10-17)9-14(15)16/h7-9,12H,3-6,11H2,1-2H3. The van der Waals surface area contributed by atoms with E-state index in [1.807, 2.05) is 6.07 Å². The van der Waals surface area contributed by atoms with E-state index in [1.54, 1.807) is 12.1 Å². The topological polar surface area (TPSA) is 33.0 Å². The van der Waals surface area contributed by atoms with Crippen LogP contribution >= 0.6 is 15.9 Å². The lowest BCUT2D eigenvalue weighted by atomic mass is 10.0. The van der Waals surface area contributed by atoms with Gasteiger partial charge < -0.3 is 4.74 Å². The Morgan fingerprint density at radius 2 is 2.17 bits per heavy atom. The van der Waals surface area contributed by atoms with Gasteiger partial charge in [0.2, 0.25) is 0 Å². The normalized spacial score (nSPS) is 11.9. The van der Waals surface area contributed by atoms with Crippen LogP contribution < -0.4 is 4.74 Å². The monoisotopic (exact) mass is 309 g/mol. The zero-order chi connectivity index (χ0) is 13.4. The van der Waals surface area contributed by atoms with Crippen LogP contribution in [0.4, 0.5) is 0 Å². The van der Waals surface area contributed by atoms with Crippen LogP contribution in [0.15, 0.2) is 22.7 Å². The predicted molar refractivity (Wildman–Crippen MR) is 77.7 cm³/mol. The van der Waals surface area contributed by atoms with Gasteiger partial charge in [-0.25, -0.2) is 0 Å². The van der Waals surface area contributed by atoms with Gasteiger partial charge >= 0.3 is 0 Å². The molecule has 0 bridgehead atoms. The van der Waals surface area contributed by atoms with Crippen molar-refractivity contribution in [2.75, 3.05) is 6.61 Å². The molecule has 18 heavy (non-hydrogen) atoms. The Morgan fingerprint density at radius 1 is 1.39 bits per heavy atom.